The lowest BCUT2D eigenvalue weighted by atomic mass is 9.85. The van der Waals surface area contributed by atoms with Gasteiger partial charge in [-0.05, 0) is 165 Å². The number of benzene rings is 9. The molecule has 2 nitrogen and oxygen atoms in total. The minimum Gasteiger partial charge on any atom is -0.192 e. The van der Waals surface area contributed by atoms with Crippen molar-refractivity contribution in [2.75, 3.05) is 0 Å². The predicted octanol–water partition coefficient (Wildman–Crippen LogP) is 13.7. The van der Waals surface area contributed by atoms with Gasteiger partial charge in [0.15, 0.2) is 0 Å². The van der Waals surface area contributed by atoms with Gasteiger partial charge in [0.05, 0.1) is 28.8 Å². The molecule has 0 saturated carbocycles. The fraction of sp³-hybridized carbons (Fsp3) is 0.0204. The average molecular weight is 699 g/mol. The van der Waals surface area contributed by atoms with E-state index in [0.29, 0.717) is 16.7 Å². The van der Waals surface area contributed by atoms with Gasteiger partial charge in [-0.25, -0.2) is 0 Å². The molecule has 0 bridgehead atoms. The number of halogens is 3. The van der Waals surface area contributed by atoms with Gasteiger partial charge >= 0.3 is 6.18 Å². The van der Waals surface area contributed by atoms with Crippen LogP contribution in [0.5, 0.6) is 0 Å². The molecule has 0 atom stereocenters. The van der Waals surface area contributed by atoms with Crippen LogP contribution in [0.2, 0.25) is 0 Å². The summed E-state index contributed by atoms with van der Waals surface area (Å²) in [4.78, 5) is 0. The summed E-state index contributed by atoms with van der Waals surface area (Å²) in [5, 5.41) is 27.8. The van der Waals surface area contributed by atoms with Gasteiger partial charge in [0.2, 0.25) is 0 Å². The fourth-order valence-electron chi connectivity index (χ4n) is 8.29. The Bertz CT molecular complexity index is 3120. The molecule has 252 valence electrons. The van der Waals surface area contributed by atoms with Gasteiger partial charge in [0, 0.05) is 0 Å². The van der Waals surface area contributed by atoms with E-state index in [1.165, 1.54) is 45.2 Å². The first kappa shape index (κ1) is 31.5. The third-order valence-electron chi connectivity index (χ3n) is 10.9. The van der Waals surface area contributed by atoms with E-state index < -0.39 is 11.7 Å². The summed E-state index contributed by atoms with van der Waals surface area (Å²) in [5.74, 6) is 0. The highest BCUT2D eigenvalue weighted by Gasteiger charge is 2.30. The highest BCUT2D eigenvalue weighted by Crippen LogP contribution is 2.51. The van der Waals surface area contributed by atoms with Crippen molar-refractivity contribution in [2.45, 2.75) is 6.18 Å². The second-order valence-corrected chi connectivity index (χ2v) is 13.8. The van der Waals surface area contributed by atoms with Crippen molar-refractivity contribution in [3.05, 3.63) is 168 Å². The van der Waals surface area contributed by atoms with Crippen LogP contribution in [-0.2, 0) is 6.18 Å². The molecule has 0 N–H and O–H groups in total. The van der Waals surface area contributed by atoms with Crippen LogP contribution in [-0.4, -0.2) is 0 Å². The zero-order valence-corrected chi connectivity index (χ0v) is 28.5. The Labute approximate surface area is 308 Å². The Hall–Kier alpha value is -7.21. The normalized spacial score (nSPS) is 11.9. The monoisotopic (exact) mass is 698 g/mol. The van der Waals surface area contributed by atoms with Gasteiger partial charge in [-0.3, -0.25) is 0 Å². The van der Waals surface area contributed by atoms with E-state index in [1.54, 1.807) is 0 Å². The third kappa shape index (κ3) is 4.80. The Morgan fingerprint density at radius 1 is 0.370 bits per heavy atom. The van der Waals surface area contributed by atoms with Crippen LogP contribution in [0.15, 0.2) is 152 Å². The van der Waals surface area contributed by atoms with Crippen LogP contribution in [0.3, 0.4) is 0 Å². The highest BCUT2D eigenvalue weighted by atomic mass is 19.4. The van der Waals surface area contributed by atoms with Gasteiger partial charge in [0.1, 0.15) is 0 Å². The maximum Gasteiger partial charge on any atom is 0.416 e. The average Bonchev–Trinajstić information content (AvgIpc) is 3.53. The second-order valence-electron chi connectivity index (χ2n) is 13.8. The number of hydrogen-bond donors (Lipinski definition) is 0. The van der Waals surface area contributed by atoms with Crippen LogP contribution >= 0.6 is 0 Å². The molecule has 0 radical (unpaired) electrons. The standard InChI is InChI=1S/C49H25F3N2/c50-49(51,52)35-18-15-30(16-19-35)34-17-20-36-41(21-34)39(31-11-7-28(26-53)8-12-31)23-46-42(36)22-40(32-13-9-29(27-54)10-14-32)45-24-43-37-5-1-3-33-4-2-6-38(48(33)37)44(43)25-47(45)46/h1-25H. The van der Waals surface area contributed by atoms with Crippen LogP contribution in [0, 0.1) is 22.7 Å². The molecule has 0 spiro atoms. The Morgan fingerprint density at radius 2 is 0.815 bits per heavy atom. The van der Waals surface area contributed by atoms with Gasteiger partial charge in [0.25, 0.3) is 0 Å². The van der Waals surface area contributed by atoms with Crippen LogP contribution in [0.4, 0.5) is 13.2 Å². The molecular formula is C49H25F3N2. The molecule has 10 rings (SSSR count). The predicted molar refractivity (Wildman–Crippen MR) is 212 cm³/mol. The molecule has 1 aliphatic carbocycles. The van der Waals surface area contributed by atoms with Crippen molar-refractivity contribution in [1.29, 1.82) is 10.5 Å². The molecule has 1 aliphatic rings. The molecule has 5 heteroatoms. The zero-order chi connectivity index (χ0) is 36.7. The summed E-state index contributed by atoms with van der Waals surface area (Å²) in [6.07, 6.45) is -4.42. The number of hydrogen-bond acceptors (Lipinski definition) is 2. The zero-order valence-electron chi connectivity index (χ0n) is 28.5. The summed E-state index contributed by atoms with van der Waals surface area (Å²) < 4.78 is 40.3. The van der Waals surface area contributed by atoms with E-state index in [2.05, 4.69) is 84.9 Å². The highest BCUT2D eigenvalue weighted by molar-refractivity contribution is 6.27. The first-order valence-corrected chi connectivity index (χ1v) is 17.5. The van der Waals surface area contributed by atoms with Crippen molar-refractivity contribution >= 4 is 43.1 Å². The second kappa shape index (κ2) is 11.7. The lowest BCUT2D eigenvalue weighted by molar-refractivity contribution is -0.137. The summed E-state index contributed by atoms with van der Waals surface area (Å²) in [6, 6.07) is 53.0. The van der Waals surface area contributed by atoms with Crippen LogP contribution < -0.4 is 0 Å². The van der Waals surface area contributed by atoms with Gasteiger partial charge in [-0.2, -0.15) is 23.7 Å². The molecule has 54 heavy (non-hydrogen) atoms. The van der Waals surface area contributed by atoms with Crippen molar-refractivity contribution in [2.24, 2.45) is 0 Å². The molecule has 0 amide bonds. The number of rotatable bonds is 3. The molecular weight excluding hydrogens is 674 g/mol. The minimum atomic E-state index is -4.42. The molecule has 0 aliphatic heterocycles. The topological polar surface area (TPSA) is 47.6 Å². The van der Waals surface area contributed by atoms with E-state index in [4.69, 9.17) is 0 Å². The molecule has 9 aromatic carbocycles. The van der Waals surface area contributed by atoms with Crippen molar-refractivity contribution in [3.63, 3.8) is 0 Å². The first-order chi connectivity index (χ1) is 26.3. The summed E-state index contributed by atoms with van der Waals surface area (Å²) in [6.45, 7) is 0. The van der Waals surface area contributed by atoms with Crippen molar-refractivity contribution in [3.8, 4) is 67.8 Å². The summed E-state index contributed by atoms with van der Waals surface area (Å²) in [5.41, 5.74) is 10.6. The van der Waals surface area contributed by atoms with E-state index in [9.17, 15) is 23.7 Å². The van der Waals surface area contributed by atoms with E-state index >= 15 is 0 Å². The van der Waals surface area contributed by atoms with Crippen molar-refractivity contribution < 1.29 is 13.2 Å². The Kier molecular flexibility index (Phi) is 6.80. The third-order valence-corrected chi connectivity index (χ3v) is 10.9. The minimum absolute atomic E-state index is 0.552. The van der Waals surface area contributed by atoms with Crippen LogP contribution in [0.1, 0.15) is 16.7 Å². The van der Waals surface area contributed by atoms with Crippen LogP contribution in [0.25, 0.3) is 98.7 Å². The summed E-state index contributed by atoms with van der Waals surface area (Å²) >= 11 is 0. The smallest absolute Gasteiger partial charge is 0.192 e. The lowest BCUT2D eigenvalue weighted by Gasteiger charge is -2.18. The fourth-order valence-corrected chi connectivity index (χ4v) is 8.29. The lowest BCUT2D eigenvalue weighted by Crippen LogP contribution is -2.03. The molecule has 0 aromatic heterocycles. The van der Waals surface area contributed by atoms with Gasteiger partial charge in [-0.15, -0.1) is 0 Å². The maximum atomic E-state index is 13.4. The largest absolute Gasteiger partial charge is 0.416 e. The van der Waals surface area contributed by atoms with Gasteiger partial charge < -0.3 is 0 Å². The Balaban J connectivity index is 1.31. The number of nitriles is 2. The van der Waals surface area contributed by atoms with Gasteiger partial charge in [-0.1, -0.05) is 84.9 Å². The number of nitrogens with zero attached hydrogens (tertiary/aromatic N) is 2. The first-order valence-electron chi connectivity index (χ1n) is 17.5. The molecule has 0 unspecified atom stereocenters. The summed E-state index contributed by atoms with van der Waals surface area (Å²) in [7, 11) is 0. The quantitative estimate of drug-likeness (QED) is 0.172. The number of alkyl halides is 3. The molecule has 0 saturated heterocycles. The van der Waals surface area contributed by atoms with E-state index in [1.807, 2.05) is 54.6 Å². The van der Waals surface area contributed by atoms with E-state index in [-0.39, 0.29) is 0 Å². The SMILES string of the molecule is N#Cc1ccc(-c2cc3c4cc5c(cc4c(-c4ccc(C#N)cc4)cc3c3ccc(-c4ccc(C(F)(F)F)cc4)cc23)-c2cccc3cccc-5c23)cc1. The molecule has 9 aromatic rings. The Morgan fingerprint density at radius 3 is 1.35 bits per heavy atom. The number of fused-ring (bicyclic) bond motifs is 8. The van der Waals surface area contributed by atoms with Crippen molar-refractivity contribution in [1.82, 2.24) is 0 Å². The molecule has 0 heterocycles. The van der Waals surface area contributed by atoms with E-state index in [0.717, 1.165) is 72.3 Å². The molecule has 0 fully saturated rings. The maximum absolute atomic E-state index is 13.4.